The number of alkyl halides is 3. The Balaban J connectivity index is 0.000000217. The fraction of sp³-hybridized carbons (Fsp3) is 0.345. The maximum atomic E-state index is 14.2. The quantitative estimate of drug-likeness (QED) is 0.107. The van der Waals surface area contributed by atoms with E-state index in [1.165, 1.54) is 31.3 Å². The number of benzene rings is 2. The molecule has 0 radical (unpaired) electrons. The number of aryl methyl sites for hydroxylation is 1. The molecule has 18 heteroatoms. The number of rotatable bonds is 10. The molecule has 0 N–H and O–H groups in total. The molecule has 1 saturated carbocycles. The van der Waals surface area contributed by atoms with Crippen LogP contribution in [0.2, 0.25) is 10.0 Å². The maximum Gasteiger partial charge on any atom is 0.355 e. The van der Waals surface area contributed by atoms with Gasteiger partial charge in [0.25, 0.3) is 0 Å². The molecule has 0 amide bonds. The van der Waals surface area contributed by atoms with Gasteiger partial charge in [-0.25, -0.2) is 22.2 Å². The van der Waals surface area contributed by atoms with Gasteiger partial charge in [-0.05, 0) is 62.6 Å². The number of aromatic nitrogens is 4. The van der Waals surface area contributed by atoms with Gasteiger partial charge in [-0.15, -0.1) is 16.7 Å². The van der Waals surface area contributed by atoms with Gasteiger partial charge in [0.05, 0.1) is 23.3 Å². The van der Waals surface area contributed by atoms with E-state index in [9.17, 15) is 36.0 Å². The van der Waals surface area contributed by atoms with E-state index in [4.69, 9.17) is 44.1 Å². The number of sulfone groups is 1. The van der Waals surface area contributed by atoms with E-state index < -0.39 is 45.0 Å². The van der Waals surface area contributed by atoms with Gasteiger partial charge in [-0.1, -0.05) is 28.4 Å². The lowest BCUT2D eigenvalue weighted by Crippen LogP contribution is -2.25. The number of hydrogen-bond acceptors (Lipinski definition) is 9. The minimum absolute atomic E-state index is 0.0424. The van der Waals surface area contributed by atoms with Crippen LogP contribution in [-0.2, 0) is 25.8 Å². The van der Waals surface area contributed by atoms with Crippen LogP contribution in [0, 0.1) is 12.7 Å². The Hall–Kier alpha value is -3.66. The van der Waals surface area contributed by atoms with Crippen molar-refractivity contribution in [1.29, 1.82) is 0 Å². The molecule has 5 rings (SSSR count). The van der Waals surface area contributed by atoms with Crippen molar-refractivity contribution in [3.05, 3.63) is 91.2 Å². The summed E-state index contributed by atoms with van der Waals surface area (Å²) in [7, 11) is -3.57. The molecule has 2 aromatic carbocycles. The van der Waals surface area contributed by atoms with Gasteiger partial charge >= 0.3 is 18.2 Å². The smallest absolute Gasteiger partial charge is 0.355 e. The average molecular weight is 738 g/mol. The zero-order chi connectivity index (χ0) is 34.8. The number of carbonyl (C=O) groups excluding carboxylic acids is 2. The molecular weight excluding hydrogens is 712 g/mol. The first-order valence-corrected chi connectivity index (χ1v) is 16.9. The zero-order valence-corrected chi connectivity index (χ0v) is 27.9. The van der Waals surface area contributed by atoms with E-state index in [-0.39, 0.29) is 61.1 Å². The van der Waals surface area contributed by atoms with Gasteiger partial charge < -0.3 is 9.26 Å². The van der Waals surface area contributed by atoms with E-state index in [1.807, 2.05) is 0 Å². The molecule has 47 heavy (non-hydrogen) atoms. The largest absolute Gasteiger partial charge is 0.465 e. The molecule has 0 saturated heterocycles. The summed E-state index contributed by atoms with van der Waals surface area (Å²) >= 11 is 17.7. The lowest BCUT2D eigenvalue weighted by Gasteiger charge is -2.12. The van der Waals surface area contributed by atoms with Gasteiger partial charge in [0, 0.05) is 34.2 Å². The van der Waals surface area contributed by atoms with Crippen LogP contribution in [0.1, 0.15) is 65.3 Å². The van der Waals surface area contributed by atoms with Crippen LogP contribution in [-0.4, -0.2) is 57.9 Å². The van der Waals surface area contributed by atoms with Gasteiger partial charge in [0.1, 0.15) is 16.9 Å². The minimum atomic E-state index is -3.57. The number of ether oxygens (including phenoxy) is 1. The highest BCUT2D eigenvalue weighted by atomic mass is 35.5. The first kappa shape index (κ1) is 36.2. The number of carbonyl (C=O) groups is 2. The summed E-state index contributed by atoms with van der Waals surface area (Å²) in [5, 5.41) is 6.45. The molecule has 1 unspecified atom stereocenters. The normalized spacial score (nSPS) is 13.7. The Kier molecular flexibility index (Phi) is 11.3. The van der Waals surface area contributed by atoms with Crippen LogP contribution >= 0.6 is 34.8 Å². The van der Waals surface area contributed by atoms with E-state index >= 15 is 0 Å². The fourth-order valence-corrected chi connectivity index (χ4v) is 6.06. The van der Waals surface area contributed by atoms with Crippen molar-refractivity contribution < 1.29 is 40.4 Å². The lowest BCUT2D eigenvalue weighted by molar-refractivity contribution is -0.142. The number of ketones is 1. The molecule has 1 atom stereocenters. The Bertz CT molecular complexity index is 1990. The van der Waals surface area contributed by atoms with E-state index in [0.29, 0.717) is 16.0 Å². The number of hydrogen-bond donors (Lipinski definition) is 0. The topological polar surface area (TPSA) is 143 Å². The van der Waals surface area contributed by atoms with Crippen molar-refractivity contribution in [2.45, 2.75) is 55.8 Å². The van der Waals surface area contributed by atoms with Gasteiger partial charge in [0.2, 0.25) is 0 Å². The molecule has 2 heterocycles. The molecule has 1 aliphatic rings. The minimum Gasteiger partial charge on any atom is -0.465 e. The highest BCUT2D eigenvalue weighted by Gasteiger charge is 2.34. The third kappa shape index (κ3) is 8.26. The van der Waals surface area contributed by atoms with Crippen LogP contribution < -0.4 is 5.69 Å². The number of nitrogens with zero attached hydrogens (tertiary/aromatic N) is 4. The third-order valence-electron chi connectivity index (χ3n) is 6.84. The summed E-state index contributed by atoms with van der Waals surface area (Å²) in [4.78, 5) is 36.3. The van der Waals surface area contributed by atoms with E-state index in [0.717, 1.165) is 31.2 Å². The first-order chi connectivity index (χ1) is 22.0. The van der Waals surface area contributed by atoms with Crippen LogP contribution in [0.4, 0.5) is 13.2 Å². The molecule has 0 spiro atoms. The SMILES string of the molecule is CCOC(=O)C(Cl)Cc1cc(-n2nc(C)n(C(F)F)c2=O)c(F)cc1Cl.CS(=O)(=O)c1cc(Cl)ccc1C(=O)c1cnoc1C1CC1. The highest BCUT2D eigenvalue weighted by molar-refractivity contribution is 7.90. The Morgan fingerprint density at radius 3 is 2.40 bits per heavy atom. The zero-order valence-electron chi connectivity index (χ0n) is 24.8. The second kappa shape index (κ2) is 14.6. The standard InChI is InChI=1S/C15H14Cl2F3N3O3.C14H12ClNO4S/c1-3-26-13(24)10(17)4-8-5-12(11(18)6-9(8)16)23-15(25)22(14(19)20)7(2)21-23;1-21(18,19)12-6-9(15)4-5-10(12)13(17)11-7-16-20-14(11)8-2-3-8/h5-6,10,14H,3-4H2,1-2H3;4-8H,2-3H2,1H3. The molecule has 252 valence electrons. The first-order valence-electron chi connectivity index (χ1n) is 13.8. The summed E-state index contributed by atoms with van der Waals surface area (Å²) in [5.41, 5.74) is -0.953. The predicted molar refractivity (Wildman–Crippen MR) is 165 cm³/mol. The van der Waals surface area contributed by atoms with Gasteiger partial charge in [0.15, 0.2) is 27.2 Å². The summed E-state index contributed by atoms with van der Waals surface area (Å²) in [6.45, 7) is -0.195. The molecule has 0 aliphatic heterocycles. The van der Waals surface area contributed by atoms with Crippen LogP contribution in [0.25, 0.3) is 5.69 Å². The van der Waals surface area contributed by atoms with Crippen molar-refractivity contribution in [3.8, 4) is 5.69 Å². The molecule has 4 aromatic rings. The van der Waals surface area contributed by atoms with Gasteiger partial charge in [-0.2, -0.15) is 13.5 Å². The Morgan fingerprint density at radius 1 is 1.15 bits per heavy atom. The second-order valence-corrected chi connectivity index (χ2v) is 13.7. The predicted octanol–water partition coefficient (Wildman–Crippen LogP) is 6.08. The third-order valence-corrected chi connectivity index (χ3v) is 8.90. The Morgan fingerprint density at radius 2 is 1.83 bits per heavy atom. The fourth-order valence-electron chi connectivity index (χ4n) is 4.46. The maximum absolute atomic E-state index is 14.2. The monoisotopic (exact) mass is 736 g/mol. The summed E-state index contributed by atoms with van der Waals surface area (Å²) < 4.78 is 74.4. The van der Waals surface area contributed by atoms with Gasteiger partial charge in [-0.3, -0.25) is 9.59 Å². The summed E-state index contributed by atoms with van der Waals surface area (Å²) in [6, 6.07) is 6.23. The Labute approximate surface area is 281 Å². The molecule has 1 aliphatic carbocycles. The van der Waals surface area contributed by atoms with Crippen molar-refractivity contribution in [2.75, 3.05) is 12.9 Å². The molecule has 0 bridgehead atoms. The molecule has 2 aromatic heterocycles. The molecule has 1 fully saturated rings. The number of halogens is 6. The summed E-state index contributed by atoms with van der Waals surface area (Å²) in [5.74, 6) is -1.58. The highest BCUT2D eigenvalue weighted by Crippen LogP contribution is 2.42. The van der Waals surface area contributed by atoms with Crippen LogP contribution in [0.15, 0.2) is 50.7 Å². The summed E-state index contributed by atoms with van der Waals surface area (Å²) in [6.07, 6.45) is 4.18. The number of esters is 1. The van der Waals surface area contributed by atoms with Crippen LogP contribution in [0.3, 0.4) is 0 Å². The molecule has 11 nitrogen and oxygen atoms in total. The molecular formula is C29H26Cl3F3N4O7S. The lowest BCUT2D eigenvalue weighted by atomic mass is 10.0. The van der Waals surface area contributed by atoms with E-state index in [1.54, 1.807) is 6.92 Å². The van der Waals surface area contributed by atoms with E-state index in [2.05, 4.69) is 10.3 Å². The average Bonchev–Trinajstić information content (AvgIpc) is 3.63. The van der Waals surface area contributed by atoms with Crippen molar-refractivity contribution in [2.24, 2.45) is 0 Å². The van der Waals surface area contributed by atoms with Crippen LogP contribution in [0.5, 0.6) is 0 Å². The van der Waals surface area contributed by atoms with Crippen molar-refractivity contribution >= 4 is 56.4 Å². The van der Waals surface area contributed by atoms with Crippen molar-refractivity contribution in [1.82, 2.24) is 19.5 Å². The van der Waals surface area contributed by atoms with Crippen molar-refractivity contribution in [3.63, 3.8) is 0 Å². The second-order valence-electron chi connectivity index (χ2n) is 10.3.